The summed E-state index contributed by atoms with van der Waals surface area (Å²) in [6, 6.07) is 5.92. The van der Waals surface area contributed by atoms with Crippen molar-refractivity contribution < 1.29 is 9.84 Å². The second kappa shape index (κ2) is 4.34. The first kappa shape index (κ1) is 13.5. The summed E-state index contributed by atoms with van der Waals surface area (Å²) >= 11 is 0. The van der Waals surface area contributed by atoms with Gasteiger partial charge in [-0.25, -0.2) is 0 Å². The lowest BCUT2D eigenvalue weighted by molar-refractivity contribution is -0.263. The van der Waals surface area contributed by atoms with Gasteiger partial charge in [-0.3, -0.25) is 0 Å². The van der Waals surface area contributed by atoms with E-state index >= 15 is 0 Å². The Bertz CT molecular complexity index is 436. The Kier molecular flexibility index (Phi) is 3.26. The lowest BCUT2D eigenvalue weighted by Crippen LogP contribution is -2.63. The van der Waals surface area contributed by atoms with Crippen molar-refractivity contribution in [3.8, 4) is 0 Å². The van der Waals surface area contributed by atoms with Gasteiger partial charge in [0.05, 0.1) is 12.6 Å². The second-order valence-electron chi connectivity index (χ2n) is 6.11. The Hall–Kier alpha value is -0.900. The molecule has 18 heavy (non-hydrogen) atoms. The Morgan fingerprint density at radius 2 is 1.78 bits per heavy atom. The zero-order valence-electron chi connectivity index (χ0n) is 11.9. The van der Waals surface area contributed by atoms with Crippen LogP contribution in [0.4, 0.5) is 0 Å². The van der Waals surface area contributed by atoms with Crippen LogP contribution in [-0.2, 0) is 10.5 Å². The highest BCUT2D eigenvalue weighted by atomic mass is 16.6. The zero-order valence-corrected chi connectivity index (χ0v) is 11.9. The first-order valence-corrected chi connectivity index (χ1v) is 6.46. The summed E-state index contributed by atoms with van der Waals surface area (Å²) in [5.41, 5.74) is 3.00. The first-order chi connectivity index (χ1) is 8.23. The average molecular weight is 249 g/mol. The molecule has 1 saturated heterocycles. The summed E-state index contributed by atoms with van der Waals surface area (Å²) in [7, 11) is 0. The highest BCUT2D eigenvalue weighted by molar-refractivity contribution is 5.32. The van der Waals surface area contributed by atoms with Gasteiger partial charge in [-0.05, 0) is 34.6 Å². The van der Waals surface area contributed by atoms with Gasteiger partial charge in [0.25, 0.3) is 0 Å². The topological polar surface area (TPSA) is 41.5 Å². The molecule has 1 heterocycles. The molecule has 0 aliphatic carbocycles. The zero-order chi connectivity index (χ0) is 13.6. The van der Waals surface area contributed by atoms with Crippen LogP contribution in [0.1, 0.15) is 37.5 Å². The number of rotatable bonds is 1. The van der Waals surface area contributed by atoms with Crippen LogP contribution in [0.2, 0.25) is 0 Å². The number of nitrogens with one attached hydrogen (secondary N) is 1. The monoisotopic (exact) mass is 249 g/mol. The van der Waals surface area contributed by atoms with E-state index in [4.69, 9.17) is 4.74 Å². The van der Waals surface area contributed by atoms with Crippen LogP contribution in [0.25, 0.3) is 0 Å². The lowest BCUT2D eigenvalue weighted by Gasteiger charge is -2.46. The van der Waals surface area contributed by atoms with Crippen LogP contribution in [0, 0.1) is 13.8 Å². The molecule has 100 valence electrons. The van der Waals surface area contributed by atoms with Crippen molar-refractivity contribution in [2.75, 3.05) is 6.61 Å². The molecule has 0 spiro atoms. The molecule has 0 amide bonds. The maximum Gasteiger partial charge on any atom is 0.208 e. The van der Waals surface area contributed by atoms with Crippen LogP contribution < -0.4 is 5.32 Å². The Morgan fingerprint density at radius 1 is 1.22 bits per heavy atom. The minimum absolute atomic E-state index is 0.107. The standard InChI is InChI=1S/C15H23NO2/c1-10-6-11(2)8-13(7-10)15(17)12(3)16-14(4,5)9-18-15/h6-8,12,16-17H,9H2,1-5H3. The molecular formula is C15H23NO2. The SMILES string of the molecule is Cc1cc(C)cc(C2(O)OCC(C)(C)NC2C)c1. The summed E-state index contributed by atoms with van der Waals surface area (Å²) in [4.78, 5) is 0. The highest BCUT2D eigenvalue weighted by Crippen LogP contribution is 2.33. The maximum absolute atomic E-state index is 10.8. The molecule has 0 radical (unpaired) electrons. The van der Waals surface area contributed by atoms with Crippen LogP contribution in [0.15, 0.2) is 18.2 Å². The molecule has 1 aromatic carbocycles. The first-order valence-electron chi connectivity index (χ1n) is 6.46. The number of hydrogen-bond donors (Lipinski definition) is 2. The maximum atomic E-state index is 10.8. The van der Waals surface area contributed by atoms with Gasteiger partial charge in [0.15, 0.2) is 0 Å². The number of aliphatic hydroxyl groups is 1. The molecule has 0 bridgehead atoms. The van der Waals surface area contributed by atoms with Crippen molar-refractivity contribution >= 4 is 0 Å². The minimum Gasteiger partial charge on any atom is -0.361 e. The molecule has 2 atom stereocenters. The van der Waals surface area contributed by atoms with Crippen LogP contribution >= 0.6 is 0 Å². The lowest BCUT2D eigenvalue weighted by atomic mass is 9.91. The Balaban J connectivity index is 2.36. The van der Waals surface area contributed by atoms with Gasteiger partial charge in [0.2, 0.25) is 5.79 Å². The van der Waals surface area contributed by atoms with Crippen molar-refractivity contribution in [2.45, 2.75) is 52.0 Å². The molecule has 2 N–H and O–H groups in total. The minimum atomic E-state index is -1.24. The summed E-state index contributed by atoms with van der Waals surface area (Å²) in [5, 5.41) is 14.2. The third-order valence-corrected chi connectivity index (χ3v) is 3.48. The quantitative estimate of drug-likeness (QED) is 0.802. The van der Waals surface area contributed by atoms with Crippen LogP contribution in [-0.4, -0.2) is 23.3 Å². The van der Waals surface area contributed by atoms with Crippen LogP contribution in [0.5, 0.6) is 0 Å². The molecule has 0 aromatic heterocycles. The van der Waals surface area contributed by atoms with Crippen molar-refractivity contribution in [2.24, 2.45) is 0 Å². The molecule has 3 heteroatoms. The molecule has 2 unspecified atom stereocenters. The predicted molar refractivity (Wildman–Crippen MR) is 72.4 cm³/mol. The fraction of sp³-hybridized carbons (Fsp3) is 0.600. The van der Waals surface area contributed by atoms with E-state index in [2.05, 4.69) is 25.2 Å². The summed E-state index contributed by atoms with van der Waals surface area (Å²) in [6.07, 6.45) is 0. The second-order valence-corrected chi connectivity index (χ2v) is 6.11. The fourth-order valence-electron chi connectivity index (χ4n) is 2.66. The Morgan fingerprint density at radius 3 is 2.28 bits per heavy atom. The van der Waals surface area contributed by atoms with Gasteiger partial charge in [-0.2, -0.15) is 0 Å². The van der Waals surface area contributed by atoms with E-state index in [1.165, 1.54) is 0 Å². The van der Waals surface area contributed by atoms with Crippen LogP contribution in [0.3, 0.4) is 0 Å². The van der Waals surface area contributed by atoms with E-state index in [0.29, 0.717) is 6.61 Å². The molecule has 3 nitrogen and oxygen atoms in total. The molecule has 1 aliphatic rings. The van der Waals surface area contributed by atoms with Crippen molar-refractivity contribution in [1.82, 2.24) is 5.32 Å². The summed E-state index contributed by atoms with van der Waals surface area (Å²) < 4.78 is 5.78. The number of hydrogen-bond acceptors (Lipinski definition) is 3. The molecular weight excluding hydrogens is 226 g/mol. The molecule has 1 aliphatic heterocycles. The molecule has 0 saturated carbocycles. The van der Waals surface area contributed by atoms with Gasteiger partial charge < -0.3 is 15.2 Å². The smallest absolute Gasteiger partial charge is 0.208 e. The molecule has 2 rings (SSSR count). The number of ether oxygens (including phenoxy) is 1. The third kappa shape index (κ3) is 2.44. The predicted octanol–water partition coefficient (Wildman–Crippen LogP) is 2.24. The van der Waals surface area contributed by atoms with E-state index in [-0.39, 0.29) is 11.6 Å². The third-order valence-electron chi connectivity index (χ3n) is 3.48. The number of morpholine rings is 1. The Labute approximate surface area is 109 Å². The normalized spacial score (nSPS) is 31.3. The summed E-state index contributed by atoms with van der Waals surface area (Å²) in [6.45, 7) is 10.7. The van der Waals surface area contributed by atoms with E-state index in [1.54, 1.807) is 0 Å². The molecule has 1 fully saturated rings. The van der Waals surface area contributed by atoms with Gasteiger partial charge in [0.1, 0.15) is 0 Å². The van der Waals surface area contributed by atoms with Gasteiger partial charge in [0, 0.05) is 11.1 Å². The van der Waals surface area contributed by atoms with Crippen molar-refractivity contribution in [3.05, 3.63) is 34.9 Å². The van der Waals surface area contributed by atoms with Gasteiger partial charge in [-0.1, -0.05) is 29.3 Å². The largest absolute Gasteiger partial charge is 0.361 e. The number of aryl methyl sites for hydroxylation is 2. The average Bonchev–Trinajstić information content (AvgIpc) is 2.22. The van der Waals surface area contributed by atoms with E-state index in [9.17, 15) is 5.11 Å². The van der Waals surface area contributed by atoms with E-state index < -0.39 is 5.79 Å². The van der Waals surface area contributed by atoms with E-state index in [1.807, 2.05) is 32.9 Å². The van der Waals surface area contributed by atoms with Gasteiger partial charge in [-0.15, -0.1) is 0 Å². The highest BCUT2D eigenvalue weighted by Gasteiger charge is 2.44. The number of benzene rings is 1. The van der Waals surface area contributed by atoms with Crippen molar-refractivity contribution in [1.29, 1.82) is 0 Å². The van der Waals surface area contributed by atoms with Crippen molar-refractivity contribution in [3.63, 3.8) is 0 Å². The molecule has 1 aromatic rings. The van der Waals surface area contributed by atoms with E-state index in [0.717, 1.165) is 16.7 Å². The fourth-order valence-corrected chi connectivity index (χ4v) is 2.66. The summed E-state index contributed by atoms with van der Waals surface area (Å²) in [5.74, 6) is -1.24. The van der Waals surface area contributed by atoms with Gasteiger partial charge >= 0.3 is 0 Å².